The van der Waals surface area contributed by atoms with Crippen LogP contribution in [0.5, 0.6) is 0 Å². The number of nitrogens with zero attached hydrogens (tertiary/aromatic N) is 1. The standard InChI is InChI=1S/C14H12BrN3O/c15-10-1-3-13(17-8-10)14(19)18-11-2-4-12-9(7-11)5-6-16-12/h1-4,7-8,16H,5-6H2,(H,18,19). The molecule has 5 heteroatoms. The van der Waals surface area contributed by atoms with Gasteiger partial charge in [-0.2, -0.15) is 0 Å². The molecule has 1 aromatic carbocycles. The number of hydrogen-bond acceptors (Lipinski definition) is 3. The molecule has 0 unspecified atom stereocenters. The van der Waals surface area contributed by atoms with E-state index in [-0.39, 0.29) is 5.91 Å². The van der Waals surface area contributed by atoms with Crippen molar-refractivity contribution >= 4 is 33.2 Å². The number of carbonyl (C=O) groups excluding carboxylic acids is 1. The zero-order valence-corrected chi connectivity index (χ0v) is 11.7. The largest absolute Gasteiger partial charge is 0.384 e. The molecule has 0 saturated carbocycles. The van der Waals surface area contributed by atoms with Gasteiger partial charge in [0.05, 0.1) is 0 Å². The molecular weight excluding hydrogens is 306 g/mol. The van der Waals surface area contributed by atoms with Crippen LogP contribution in [-0.2, 0) is 6.42 Å². The van der Waals surface area contributed by atoms with Crippen LogP contribution < -0.4 is 10.6 Å². The van der Waals surface area contributed by atoms with Gasteiger partial charge >= 0.3 is 0 Å². The number of rotatable bonds is 2. The Morgan fingerprint density at radius 2 is 2.21 bits per heavy atom. The highest BCUT2D eigenvalue weighted by Crippen LogP contribution is 2.25. The number of fused-ring (bicyclic) bond motifs is 1. The molecule has 0 radical (unpaired) electrons. The number of aromatic nitrogens is 1. The van der Waals surface area contributed by atoms with Crippen LogP contribution in [0.15, 0.2) is 41.0 Å². The number of hydrogen-bond donors (Lipinski definition) is 2. The van der Waals surface area contributed by atoms with E-state index >= 15 is 0 Å². The van der Waals surface area contributed by atoms with Gasteiger partial charge in [0.15, 0.2) is 0 Å². The Bertz CT molecular complexity index is 625. The van der Waals surface area contributed by atoms with E-state index in [0.29, 0.717) is 5.69 Å². The highest BCUT2D eigenvalue weighted by Gasteiger charge is 2.12. The number of anilines is 2. The van der Waals surface area contributed by atoms with Crippen molar-refractivity contribution in [1.29, 1.82) is 0 Å². The van der Waals surface area contributed by atoms with Crippen LogP contribution >= 0.6 is 15.9 Å². The maximum atomic E-state index is 12.0. The normalized spacial score (nSPS) is 12.7. The predicted molar refractivity (Wildman–Crippen MR) is 78.5 cm³/mol. The zero-order chi connectivity index (χ0) is 13.2. The first-order valence-electron chi connectivity index (χ1n) is 6.02. The SMILES string of the molecule is O=C(Nc1ccc2c(c1)CCN2)c1ccc(Br)cn1. The summed E-state index contributed by atoms with van der Waals surface area (Å²) >= 11 is 3.29. The molecule has 0 atom stereocenters. The second-order valence-electron chi connectivity index (χ2n) is 4.36. The molecule has 1 aliphatic heterocycles. The molecule has 2 heterocycles. The maximum Gasteiger partial charge on any atom is 0.274 e. The van der Waals surface area contributed by atoms with E-state index in [1.807, 2.05) is 18.2 Å². The summed E-state index contributed by atoms with van der Waals surface area (Å²) in [5.74, 6) is -0.196. The number of halogens is 1. The maximum absolute atomic E-state index is 12.0. The highest BCUT2D eigenvalue weighted by molar-refractivity contribution is 9.10. The van der Waals surface area contributed by atoms with Crippen molar-refractivity contribution in [2.75, 3.05) is 17.2 Å². The topological polar surface area (TPSA) is 54.0 Å². The molecule has 96 valence electrons. The Kier molecular flexibility index (Phi) is 3.21. The number of carbonyl (C=O) groups is 1. The summed E-state index contributed by atoms with van der Waals surface area (Å²) in [5.41, 5.74) is 3.60. The molecule has 0 bridgehead atoms. The third-order valence-corrected chi connectivity index (χ3v) is 3.50. The number of amides is 1. The lowest BCUT2D eigenvalue weighted by Crippen LogP contribution is -2.13. The van der Waals surface area contributed by atoms with Gasteiger partial charge in [0.2, 0.25) is 0 Å². The van der Waals surface area contributed by atoms with Crippen molar-refractivity contribution in [2.45, 2.75) is 6.42 Å². The Hall–Kier alpha value is -1.88. The van der Waals surface area contributed by atoms with Gasteiger partial charge < -0.3 is 10.6 Å². The van der Waals surface area contributed by atoms with Crippen LogP contribution in [0.25, 0.3) is 0 Å². The highest BCUT2D eigenvalue weighted by atomic mass is 79.9. The Morgan fingerprint density at radius 3 is 3.00 bits per heavy atom. The van der Waals surface area contributed by atoms with Crippen molar-refractivity contribution in [1.82, 2.24) is 4.98 Å². The van der Waals surface area contributed by atoms with Gasteiger partial charge in [0.1, 0.15) is 5.69 Å². The molecule has 2 aromatic rings. The Morgan fingerprint density at radius 1 is 1.32 bits per heavy atom. The minimum atomic E-state index is -0.196. The van der Waals surface area contributed by atoms with E-state index in [0.717, 1.165) is 28.8 Å². The summed E-state index contributed by atoms with van der Waals surface area (Å²) in [6, 6.07) is 9.38. The third-order valence-electron chi connectivity index (χ3n) is 3.03. The van der Waals surface area contributed by atoms with Gasteiger partial charge in [0, 0.05) is 28.6 Å². The average Bonchev–Trinajstić information content (AvgIpc) is 2.87. The van der Waals surface area contributed by atoms with Crippen molar-refractivity contribution in [3.05, 3.63) is 52.3 Å². The first-order valence-corrected chi connectivity index (χ1v) is 6.81. The first-order chi connectivity index (χ1) is 9.22. The Labute approximate surface area is 119 Å². The molecule has 1 aliphatic rings. The van der Waals surface area contributed by atoms with Crippen molar-refractivity contribution in [3.63, 3.8) is 0 Å². The molecule has 0 fully saturated rings. The number of nitrogens with one attached hydrogen (secondary N) is 2. The fraction of sp³-hybridized carbons (Fsp3) is 0.143. The second-order valence-corrected chi connectivity index (χ2v) is 5.28. The molecule has 0 aliphatic carbocycles. The van der Waals surface area contributed by atoms with Crippen LogP contribution in [-0.4, -0.2) is 17.4 Å². The van der Waals surface area contributed by atoms with Crippen molar-refractivity contribution in [3.8, 4) is 0 Å². The molecule has 1 amide bonds. The summed E-state index contributed by atoms with van der Waals surface area (Å²) in [7, 11) is 0. The zero-order valence-electron chi connectivity index (χ0n) is 10.1. The predicted octanol–water partition coefficient (Wildman–Crippen LogP) is 3.06. The van der Waals surface area contributed by atoms with E-state index in [1.165, 1.54) is 5.56 Å². The lowest BCUT2D eigenvalue weighted by atomic mass is 10.1. The van der Waals surface area contributed by atoms with Gasteiger partial charge in [0.25, 0.3) is 5.91 Å². The molecule has 3 rings (SSSR count). The average molecular weight is 318 g/mol. The van der Waals surface area contributed by atoms with E-state index in [9.17, 15) is 4.79 Å². The number of pyridine rings is 1. The lowest BCUT2D eigenvalue weighted by Gasteiger charge is -2.07. The van der Waals surface area contributed by atoms with Gasteiger partial charge in [-0.15, -0.1) is 0 Å². The summed E-state index contributed by atoms with van der Waals surface area (Å²) in [4.78, 5) is 16.1. The van der Waals surface area contributed by atoms with Gasteiger partial charge in [-0.25, -0.2) is 4.98 Å². The molecule has 0 saturated heterocycles. The molecule has 4 nitrogen and oxygen atoms in total. The smallest absolute Gasteiger partial charge is 0.274 e. The van der Waals surface area contributed by atoms with Gasteiger partial charge in [-0.05, 0) is 58.2 Å². The van der Waals surface area contributed by atoms with E-state index in [1.54, 1.807) is 18.3 Å². The monoisotopic (exact) mass is 317 g/mol. The minimum absolute atomic E-state index is 0.196. The fourth-order valence-corrected chi connectivity index (χ4v) is 2.32. The first kappa shape index (κ1) is 12.2. The van der Waals surface area contributed by atoms with Crippen LogP contribution in [0.2, 0.25) is 0 Å². The van der Waals surface area contributed by atoms with E-state index < -0.39 is 0 Å². The van der Waals surface area contributed by atoms with Crippen molar-refractivity contribution in [2.24, 2.45) is 0 Å². The van der Waals surface area contributed by atoms with Crippen LogP contribution in [0.3, 0.4) is 0 Å². The quantitative estimate of drug-likeness (QED) is 0.895. The lowest BCUT2D eigenvalue weighted by molar-refractivity contribution is 0.102. The van der Waals surface area contributed by atoms with Crippen LogP contribution in [0.4, 0.5) is 11.4 Å². The fourth-order valence-electron chi connectivity index (χ4n) is 2.09. The molecule has 19 heavy (non-hydrogen) atoms. The summed E-state index contributed by atoms with van der Waals surface area (Å²) < 4.78 is 0.854. The minimum Gasteiger partial charge on any atom is -0.384 e. The number of benzene rings is 1. The van der Waals surface area contributed by atoms with Crippen molar-refractivity contribution < 1.29 is 4.79 Å². The van der Waals surface area contributed by atoms with Crippen LogP contribution in [0, 0.1) is 0 Å². The third kappa shape index (κ3) is 2.61. The molecule has 0 spiro atoms. The summed E-state index contributed by atoms with van der Waals surface area (Å²) in [5, 5.41) is 6.15. The van der Waals surface area contributed by atoms with E-state index in [4.69, 9.17) is 0 Å². The molecule has 1 aromatic heterocycles. The van der Waals surface area contributed by atoms with Gasteiger partial charge in [-0.1, -0.05) is 0 Å². The van der Waals surface area contributed by atoms with Gasteiger partial charge in [-0.3, -0.25) is 4.79 Å². The molecule has 2 N–H and O–H groups in total. The molecular formula is C14H12BrN3O. The van der Waals surface area contributed by atoms with E-state index in [2.05, 4.69) is 31.5 Å². The summed E-state index contributed by atoms with van der Waals surface area (Å²) in [6.07, 6.45) is 2.61. The Balaban J connectivity index is 1.77. The second kappa shape index (κ2) is 5.01. The van der Waals surface area contributed by atoms with Crippen LogP contribution in [0.1, 0.15) is 16.1 Å². The summed E-state index contributed by atoms with van der Waals surface area (Å²) in [6.45, 7) is 0.959.